The normalized spacial score (nSPS) is 42.7. The molecule has 0 aromatic rings. The van der Waals surface area contributed by atoms with E-state index in [9.17, 15) is 0 Å². The summed E-state index contributed by atoms with van der Waals surface area (Å²) < 4.78 is 0. The van der Waals surface area contributed by atoms with Crippen LogP contribution in [0.15, 0.2) is 0 Å². The predicted octanol–water partition coefficient (Wildman–Crippen LogP) is 1.24. The van der Waals surface area contributed by atoms with Crippen molar-refractivity contribution in [3.63, 3.8) is 0 Å². The van der Waals surface area contributed by atoms with Crippen molar-refractivity contribution in [3.05, 3.63) is 0 Å². The maximum atomic E-state index is 3.55. The molecule has 2 atom stereocenters. The van der Waals surface area contributed by atoms with Crippen molar-refractivity contribution in [2.45, 2.75) is 30.6 Å². The van der Waals surface area contributed by atoms with Crippen molar-refractivity contribution in [2.24, 2.45) is 0 Å². The van der Waals surface area contributed by atoms with Crippen LogP contribution >= 0.6 is 11.8 Å². The second-order valence-electron chi connectivity index (χ2n) is 2.97. The lowest BCUT2D eigenvalue weighted by Crippen LogP contribution is -2.30. The van der Waals surface area contributed by atoms with Crippen LogP contribution in [0.3, 0.4) is 0 Å². The van der Waals surface area contributed by atoms with Crippen LogP contribution in [0.5, 0.6) is 0 Å². The molecule has 1 nitrogen and oxygen atoms in total. The Labute approximate surface area is 60.6 Å². The fraction of sp³-hybridized carbons (Fsp3) is 1.00. The fourth-order valence-electron chi connectivity index (χ4n) is 1.64. The highest BCUT2D eigenvalue weighted by atomic mass is 32.2. The summed E-state index contributed by atoms with van der Waals surface area (Å²) >= 11 is 2.17. The zero-order valence-electron chi connectivity index (χ0n) is 5.60. The van der Waals surface area contributed by atoms with E-state index >= 15 is 0 Å². The zero-order chi connectivity index (χ0) is 6.10. The molecule has 3 aliphatic heterocycles. The molecule has 0 aromatic carbocycles. The highest BCUT2D eigenvalue weighted by molar-refractivity contribution is 8.00. The van der Waals surface area contributed by atoms with Gasteiger partial charge in [0.1, 0.15) is 0 Å². The summed E-state index contributed by atoms with van der Waals surface area (Å²) in [6, 6.07) is 0.855. The van der Waals surface area contributed by atoms with Crippen molar-refractivity contribution in [2.75, 3.05) is 12.3 Å². The molecule has 52 valence electrons. The summed E-state index contributed by atoms with van der Waals surface area (Å²) in [5, 5.41) is 4.55. The number of fused-ring (bicyclic) bond motifs is 4. The van der Waals surface area contributed by atoms with Crippen LogP contribution in [0, 0.1) is 0 Å². The quantitative estimate of drug-likeness (QED) is 0.547. The van der Waals surface area contributed by atoms with Crippen LogP contribution in [0.2, 0.25) is 0 Å². The summed E-state index contributed by atoms with van der Waals surface area (Å²) in [4.78, 5) is 0. The SMILES string of the molecule is C1CC2CCC(CS2)N1. The second-order valence-corrected chi connectivity index (χ2v) is 4.31. The molecule has 0 radical (unpaired) electrons. The van der Waals surface area contributed by atoms with Crippen LogP contribution in [-0.4, -0.2) is 23.6 Å². The first-order valence-corrected chi connectivity index (χ1v) is 4.85. The molecule has 0 saturated carbocycles. The predicted molar refractivity (Wildman–Crippen MR) is 41.9 cm³/mol. The lowest BCUT2D eigenvalue weighted by molar-refractivity contribution is 0.552. The third-order valence-corrected chi connectivity index (χ3v) is 3.81. The first-order chi connectivity index (χ1) is 4.45. The first-order valence-electron chi connectivity index (χ1n) is 3.80. The van der Waals surface area contributed by atoms with Gasteiger partial charge in [-0.3, -0.25) is 0 Å². The zero-order valence-corrected chi connectivity index (χ0v) is 6.41. The van der Waals surface area contributed by atoms with Gasteiger partial charge in [0.25, 0.3) is 0 Å². The molecular formula is C7H13NS. The van der Waals surface area contributed by atoms with Gasteiger partial charge in [-0.15, -0.1) is 0 Å². The van der Waals surface area contributed by atoms with Gasteiger partial charge in [-0.1, -0.05) is 0 Å². The number of hydrogen-bond donors (Lipinski definition) is 1. The maximum absolute atomic E-state index is 3.55. The van der Waals surface area contributed by atoms with Gasteiger partial charge < -0.3 is 5.32 Å². The summed E-state index contributed by atoms with van der Waals surface area (Å²) in [6.45, 7) is 1.27. The van der Waals surface area contributed by atoms with Gasteiger partial charge in [-0.2, -0.15) is 11.8 Å². The number of nitrogens with one attached hydrogen (secondary N) is 1. The van der Waals surface area contributed by atoms with E-state index in [0.29, 0.717) is 0 Å². The van der Waals surface area contributed by atoms with Crippen molar-refractivity contribution in [1.82, 2.24) is 5.32 Å². The van der Waals surface area contributed by atoms with E-state index in [2.05, 4.69) is 17.1 Å². The molecule has 1 N–H and O–H groups in total. The molecule has 2 unspecified atom stereocenters. The molecule has 0 aliphatic carbocycles. The molecule has 9 heavy (non-hydrogen) atoms. The van der Waals surface area contributed by atoms with Gasteiger partial charge in [-0.05, 0) is 25.8 Å². The molecular weight excluding hydrogens is 130 g/mol. The highest BCUT2D eigenvalue weighted by Crippen LogP contribution is 2.29. The van der Waals surface area contributed by atoms with Crippen molar-refractivity contribution >= 4 is 11.8 Å². The van der Waals surface area contributed by atoms with Gasteiger partial charge in [0.05, 0.1) is 0 Å². The summed E-state index contributed by atoms with van der Waals surface area (Å²) in [6.07, 6.45) is 4.29. The average Bonchev–Trinajstić information content (AvgIpc) is 2.21. The summed E-state index contributed by atoms with van der Waals surface area (Å²) in [5.41, 5.74) is 0. The Bertz CT molecular complexity index is 79.6. The Morgan fingerprint density at radius 1 is 1.22 bits per heavy atom. The molecule has 0 spiro atoms. The molecule has 3 aliphatic rings. The Morgan fingerprint density at radius 3 is 3.00 bits per heavy atom. The lowest BCUT2D eigenvalue weighted by atomic mass is 10.1. The monoisotopic (exact) mass is 143 g/mol. The fourth-order valence-corrected chi connectivity index (χ4v) is 3.02. The molecule has 3 heterocycles. The van der Waals surface area contributed by atoms with Gasteiger partial charge in [0, 0.05) is 17.0 Å². The minimum absolute atomic E-state index is 0.855. The number of rotatable bonds is 0. The molecule has 0 aromatic heterocycles. The number of hydrogen-bond acceptors (Lipinski definition) is 2. The average molecular weight is 143 g/mol. The van der Waals surface area contributed by atoms with Crippen LogP contribution in [0.1, 0.15) is 19.3 Å². The molecule has 2 heteroatoms. The van der Waals surface area contributed by atoms with Crippen molar-refractivity contribution in [3.8, 4) is 0 Å². The van der Waals surface area contributed by atoms with E-state index in [1.807, 2.05) is 0 Å². The maximum Gasteiger partial charge on any atom is 0.0158 e. The third kappa shape index (κ3) is 1.24. The smallest absolute Gasteiger partial charge is 0.0158 e. The largest absolute Gasteiger partial charge is 0.313 e. The third-order valence-electron chi connectivity index (χ3n) is 2.27. The Kier molecular flexibility index (Phi) is 1.68. The van der Waals surface area contributed by atoms with E-state index in [1.165, 1.54) is 31.6 Å². The second kappa shape index (κ2) is 2.51. The minimum Gasteiger partial charge on any atom is -0.313 e. The van der Waals surface area contributed by atoms with Gasteiger partial charge in [0.2, 0.25) is 0 Å². The van der Waals surface area contributed by atoms with Gasteiger partial charge in [0.15, 0.2) is 0 Å². The molecule has 3 rings (SSSR count). The van der Waals surface area contributed by atoms with E-state index < -0.39 is 0 Å². The van der Waals surface area contributed by atoms with Gasteiger partial charge >= 0.3 is 0 Å². The number of thioether (sulfide) groups is 1. The van der Waals surface area contributed by atoms with E-state index in [-0.39, 0.29) is 0 Å². The van der Waals surface area contributed by atoms with Crippen LogP contribution in [0.25, 0.3) is 0 Å². The van der Waals surface area contributed by atoms with E-state index in [0.717, 1.165) is 11.3 Å². The van der Waals surface area contributed by atoms with Crippen LogP contribution < -0.4 is 5.32 Å². The topological polar surface area (TPSA) is 12.0 Å². The lowest BCUT2D eigenvalue weighted by Gasteiger charge is -2.21. The van der Waals surface area contributed by atoms with E-state index in [4.69, 9.17) is 0 Å². The molecule has 3 fully saturated rings. The van der Waals surface area contributed by atoms with Crippen molar-refractivity contribution < 1.29 is 0 Å². The summed E-state index contributed by atoms with van der Waals surface area (Å²) in [5.74, 6) is 1.37. The standard InChI is InChI=1S/C7H13NS/c1-2-7-3-4-8-6(1)5-9-7/h6-8H,1-5H2. The first kappa shape index (κ1) is 6.05. The molecule has 3 saturated heterocycles. The van der Waals surface area contributed by atoms with Crippen LogP contribution in [-0.2, 0) is 0 Å². The molecule has 2 bridgehead atoms. The van der Waals surface area contributed by atoms with Crippen LogP contribution in [0.4, 0.5) is 0 Å². The van der Waals surface area contributed by atoms with Crippen molar-refractivity contribution in [1.29, 1.82) is 0 Å². The Hall–Kier alpha value is 0.310. The molecule has 0 amide bonds. The van der Waals surface area contributed by atoms with Gasteiger partial charge in [-0.25, -0.2) is 0 Å². The van der Waals surface area contributed by atoms with E-state index in [1.54, 1.807) is 0 Å². The Morgan fingerprint density at radius 2 is 2.22 bits per heavy atom. The highest BCUT2D eigenvalue weighted by Gasteiger charge is 2.24. The summed E-state index contributed by atoms with van der Waals surface area (Å²) in [7, 11) is 0. The minimum atomic E-state index is 0.855. The Balaban J connectivity index is 2.03.